The van der Waals surface area contributed by atoms with Crippen LogP contribution in [0.2, 0.25) is 0 Å². The Bertz CT molecular complexity index is 804. The molecule has 2 aromatic rings. The van der Waals surface area contributed by atoms with Gasteiger partial charge in [-0.05, 0) is 31.4 Å². The lowest BCUT2D eigenvalue weighted by Crippen LogP contribution is -2.36. The number of para-hydroxylation sites is 1. The van der Waals surface area contributed by atoms with Crippen LogP contribution in [0.25, 0.3) is 11.0 Å². The molecule has 1 aliphatic heterocycles. The van der Waals surface area contributed by atoms with Gasteiger partial charge in [-0.2, -0.15) is 0 Å². The van der Waals surface area contributed by atoms with E-state index < -0.39 is 0 Å². The number of carbonyl (C=O) groups is 1. The number of amides is 1. The molecule has 5 heteroatoms. The summed E-state index contributed by atoms with van der Waals surface area (Å²) in [6.45, 7) is 0.531. The number of fused-ring (bicyclic) bond motifs is 1. The van der Waals surface area contributed by atoms with Gasteiger partial charge < -0.3 is 14.5 Å². The van der Waals surface area contributed by atoms with Crippen molar-refractivity contribution in [1.29, 1.82) is 0 Å². The number of hydrogen-bond acceptors (Lipinski definition) is 4. The fourth-order valence-corrected chi connectivity index (χ4v) is 3.78. The predicted octanol–water partition coefficient (Wildman–Crippen LogP) is 2.62. The van der Waals surface area contributed by atoms with Gasteiger partial charge in [0.1, 0.15) is 5.58 Å². The highest BCUT2D eigenvalue weighted by molar-refractivity contribution is 5.93. The van der Waals surface area contributed by atoms with Gasteiger partial charge >= 0.3 is 0 Å². The molecule has 5 nitrogen and oxygen atoms in total. The smallest absolute Gasteiger partial charge is 0.287 e. The quantitative estimate of drug-likeness (QED) is 0.925. The van der Waals surface area contributed by atoms with E-state index in [1.54, 1.807) is 24.3 Å². The molecule has 1 aromatic heterocycles. The lowest BCUT2D eigenvalue weighted by molar-refractivity contribution is 0.00987. The number of ether oxygens (including phenoxy) is 1. The number of hydrogen-bond donors (Lipinski definition) is 1. The molecule has 1 spiro atoms. The van der Waals surface area contributed by atoms with Crippen molar-refractivity contribution >= 4 is 16.9 Å². The Morgan fingerprint density at radius 1 is 1.22 bits per heavy atom. The lowest BCUT2D eigenvalue weighted by Gasteiger charge is -2.21. The van der Waals surface area contributed by atoms with Crippen LogP contribution in [0.4, 0.5) is 0 Å². The minimum absolute atomic E-state index is 0.0163. The molecule has 1 atom stereocenters. The first-order valence-corrected chi connectivity index (χ1v) is 8.13. The fraction of sp³-hybridized carbons (Fsp3) is 0.444. The Kier molecular flexibility index (Phi) is 3.45. The highest BCUT2D eigenvalue weighted by Crippen LogP contribution is 2.40. The topological polar surface area (TPSA) is 68.5 Å². The second-order valence-electron chi connectivity index (χ2n) is 6.55. The maximum absolute atomic E-state index is 12.4. The van der Waals surface area contributed by atoms with E-state index in [1.165, 1.54) is 18.9 Å². The molecule has 2 fully saturated rings. The van der Waals surface area contributed by atoms with Crippen LogP contribution in [0, 0.1) is 0 Å². The summed E-state index contributed by atoms with van der Waals surface area (Å²) in [7, 11) is 0. The van der Waals surface area contributed by atoms with E-state index in [2.05, 4.69) is 5.32 Å². The Morgan fingerprint density at radius 3 is 2.83 bits per heavy atom. The van der Waals surface area contributed by atoms with Crippen molar-refractivity contribution < 1.29 is 13.9 Å². The molecule has 1 aromatic carbocycles. The van der Waals surface area contributed by atoms with Gasteiger partial charge in [-0.25, -0.2) is 0 Å². The first kappa shape index (κ1) is 14.5. The van der Waals surface area contributed by atoms with Gasteiger partial charge in [-0.1, -0.05) is 25.0 Å². The third-order valence-corrected chi connectivity index (χ3v) is 4.92. The maximum Gasteiger partial charge on any atom is 0.287 e. The summed E-state index contributed by atoms with van der Waals surface area (Å²) in [6.07, 6.45) is 5.38. The summed E-state index contributed by atoms with van der Waals surface area (Å²) >= 11 is 0. The second kappa shape index (κ2) is 5.49. The zero-order valence-electron chi connectivity index (χ0n) is 12.8. The molecule has 4 rings (SSSR count). The number of benzene rings is 1. The minimum Gasteiger partial charge on any atom is -0.451 e. The van der Waals surface area contributed by atoms with Crippen molar-refractivity contribution in [2.45, 2.75) is 43.7 Å². The van der Waals surface area contributed by atoms with Crippen molar-refractivity contribution in [2.75, 3.05) is 6.61 Å². The highest BCUT2D eigenvalue weighted by Gasteiger charge is 2.42. The fourth-order valence-electron chi connectivity index (χ4n) is 3.78. The molecule has 0 radical (unpaired) electrons. The summed E-state index contributed by atoms with van der Waals surface area (Å²) in [5, 5.41) is 3.43. The summed E-state index contributed by atoms with van der Waals surface area (Å²) in [6, 6.07) is 8.19. The zero-order chi connectivity index (χ0) is 15.9. The molecular weight excluding hydrogens is 294 g/mol. The Morgan fingerprint density at radius 2 is 2.00 bits per heavy atom. The van der Waals surface area contributed by atoms with Crippen LogP contribution in [-0.4, -0.2) is 24.2 Å². The van der Waals surface area contributed by atoms with Crippen molar-refractivity contribution in [3.05, 3.63) is 46.3 Å². The standard InChI is InChI=1S/C18H19NO4/c20-14-9-16(23-15-6-2-1-5-13(14)15)17(21)19-12-10-18(22-11-12)7-3-4-8-18/h1-2,5-6,9,12H,3-4,7-8,10-11H2,(H,19,21). The van der Waals surface area contributed by atoms with Gasteiger partial charge in [-0.3, -0.25) is 9.59 Å². The summed E-state index contributed by atoms with van der Waals surface area (Å²) in [5.74, 6) is -0.294. The number of rotatable bonds is 2. The Balaban J connectivity index is 1.52. The van der Waals surface area contributed by atoms with Crippen molar-refractivity contribution in [2.24, 2.45) is 0 Å². The normalized spacial score (nSPS) is 22.7. The van der Waals surface area contributed by atoms with Crippen molar-refractivity contribution in [3.63, 3.8) is 0 Å². The molecule has 1 N–H and O–H groups in total. The van der Waals surface area contributed by atoms with E-state index in [9.17, 15) is 9.59 Å². The van der Waals surface area contributed by atoms with E-state index in [1.807, 2.05) is 0 Å². The van der Waals surface area contributed by atoms with Gasteiger partial charge in [-0.15, -0.1) is 0 Å². The van der Waals surface area contributed by atoms with Gasteiger partial charge in [0.05, 0.1) is 23.6 Å². The first-order valence-electron chi connectivity index (χ1n) is 8.13. The zero-order valence-corrected chi connectivity index (χ0v) is 12.8. The Hall–Kier alpha value is -2.14. The summed E-state index contributed by atoms with van der Waals surface area (Å²) in [5.41, 5.74) is 0.189. The highest BCUT2D eigenvalue weighted by atomic mass is 16.5. The second-order valence-corrected chi connectivity index (χ2v) is 6.55. The summed E-state index contributed by atoms with van der Waals surface area (Å²) in [4.78, 5) is 24.5. The average Bonchev–Trinajstić information content (AvgIpc) is 3.17. The van der Waals surface area contributed by atoms with Gasteiger partial charge in [0.15, 0.2) is 11.2 Å². The van der Waals surface area contributed by atoms with Crippen LogP contribution >= 0.6 is 0 Å². The number of nitrogens with one attached hydrogen (secondary N) is 1. The molecule has 120 valence electrons. The molecule has 2 aliphatic rings. The minimum atomic E-state index is -0.350. The molecule has 23 heavy (non-hydrogen) atoms. The molecule has 1 aliphatic carbocycles. The van der Waals surface area contributed by atoms with Gasteiger partial charge in [0.25, 0.3) is 5.91 Å². The van der Waals surface area contributed by atoms with E-state index in [0.717, 1.165) is 19.3 Å². The monoisotopic (exact) mass is 313 g/mol. The van der Waals surface area contributed by atoms with Crippen LogP contribution in [0.3, 0.4) is 0 Å². The maximum atomic E-state index is 12.4. The van der Waals surface area contributed by atoms with E-state index in [-0.39, 0.29) is 28.7 Å². The molecule has 1 saturated carbocycles. The first-order chi connectivity index (χ1) is 11.2. The molecular formula is C18H19NO4. The number of carbonyl (C=O) groups excluding carboxylic acids is 1. The van der Waals surface area contributed by atoms with E-state index in [4.69, 9.17) is 9.15 Å². The molecule has 0 bridgehead atoms. The molecule has 1 saturated heterocycles. The lowest BCUT2D eigenvalue weighted by atomic mass is 9.96. The van der Waals surface area contributed by atoms with Crippen LogP contribution < -0.4 is 10.7 Å². The van der Waals surface area contributed by atoms with Crippen LogP contribution in [0.1, 0.15) is 42.7 Å². The molecule has 1 unspecified atom stereocenters. The van der Waals surface area contributed by atoms with Crippen LogP contribution in [0.5, 0.6) is 0 Å². The summed E-state index contributed by atoms with van der Waals surface area (Å²) < 4.78 is 11.5. The molecule has 1 amide bonds. The van der Waals surface area contributed by atoms with Crippen LogP contribution in [-0.2, 0) is 4.74 Å². The van der Waals surface area contributed by atoms with Gasteiger partial charge in [0.2, 0.25) is 0 Å². The molecule has 2 heterocycles. The van der Waals surface area contributed by atoms with E-state index >= 15 is 0 Å². The predicted molar refractivity (Wildman–Crippen MR) is 85.5 cm³/mol. The third kappa shape index (κ3) is 2.65. The van der Waals surface area contributed by atoms with Gasteiger partial charge in [0, 0.05) is 6.07 Å². The van der Waals surface area contributed by atoms with E-state index in [0.29, 0.717) is 17.6 Å². The third-order valence-electron chi connectivity index (χ3n) is 4.92. The SMILES string of the molecule is O=C(NC1COC2(CCCC2)C1)c1cc(=O)c2ccccc2o1. The van der Waals surface area contributed by atoms with Crippen molar-refractivity contribution in [1.82, 2.24) is 5.32 Å². The average molecular weight is 313 g/mol. The van der Waals surface area contributed by atoms with Crippen molar-refractivity contribution in [3.8, 4) is 0 Å². The Labute approximate surface area is 133 Å². The largest absolute Gasteiger partial charge is 0.451 e. The van der Waals surface area contributed by atoms with Crippen LogP contribution in [0.15, 0.2) is 39.5 Å².